The summed E-state index contributed by atoms with van der Waals surface area (Å²) in [6.07, 6.45) is -2.24. The number of alkyl halides is 3. The lowest BCUT2D eigenvalue weighted by Gasteiger charge is -2.07. The maximum absolute atomic E-state index is 11.3. The van der Waals surface area contributed by atoms with Crippen molar-refractivity contribution in [2.75, 3.05) is 0 Å². The molecular formula is C6H7F3O. The van der Waals surface area contributed by atoms with Gasteiger partial charge in [-0.15, -0.1) is 13.2 Å². The van der Waals surface area contributed by atoms with Gasteiger partial charge in [0.25, 0.3) is 0 Å². The van der Waals surface area contributed by atoms with Crippen LogP contribution in [0.15, 0.2) is 24.5 Å². The molecule has 0 rings (SSSR count). The van der Waals surface area contributed by atoms with Crippen molar-refractivity contribution < 1.29 is 17.9 Å². The average molecular weight is 152 g/mol. The van der Waals surface area contributed by atoms with Gasteiger partial charge in [-0.25, -0.2) is 0 Å². The molecular weight excluding hydrogens is 145 g/mol. The predicted octanol–water partition coefficient (Wildman–Crippen LogP) is 2.61. The van der Waals surface area contributed by atoms with Crippen LogP contribution in [0.5, 0.6) is 0 Å². The number of ether oxygens (including phenoxy) is 1. The Morgan fingerprint density at radius 2 is 2.00 bits per heavy atom. The van der Waals surface area contributed by atoms with Gasteiger partial charge < -0.3 is 4.74 Å². The number of hydrogen-bond donors (Lipinski definition) is 0. The highest BCUT2D eigenvalue weighted by Crippen LogP contribution is 2.19. The molecule has 58 valence electrons. The summed E-state index contributed by atoms with van der Waals surface area (Å²) in [5.41, 5.74) is 0. The maximum Gasteiger partial charge on any atom is 0.572 e. The van der Waals surface area contributed by atoms with Crippen LogP contribution in [0, 0.1) is 0 Å². The zero-order chi connectivity index (χ0) is 8.20. The number of halogens is 3. The van der Waals surface area contributed by atoms with Crippen LogP contribution in [0.1, 0.15) is 6.92 Å². The lowest BCUT2D eigenvalue weighted by Crippen LogP contribution is -2.11. The fourth-order valence-electron chi connectivity index (χ4n) is 0.383. The summed E-state index contributed by atoms with van der Waals surface area (Å²) in [7, 11) is 0. The van der Waals surface area contributed by atoms with Crippen molar-refractivity contribution in [1.29, 1.82) is 0 Å². The van der Waals surface area contributed by atoms with Crippen molar-refractivity contribution in [3.8, 4) is 0 Å². The molecule has 1 nitrogen and oxygen atoms in total. The molecule has 0 N–H and O–H groups in total. The summed E-state index contributed by atoms with van der Waals surface area (Å²) in [5.74, 6) is -0.220. The molecule has 0 aromatic carbocycles. The molecule has 0 radical (unpaired) electrons. The Bertz CT molecular complexity index is 146. The highest BCUT2D eigenvalue weighted by atomic mass is 19.4. The van der Waals surface area contributed by atoms with E-state index in [1.165, 1.54) is 13.0 Å². The molecule has 0 unspecified atom stereocenters. The quantitative estimate of drug-likeness (QED) is 0.436. The summed E-state index contributed by atoms with van der Waals surface area (Å²) in [4.78, 5) is 0. The Morgan fingerprint density at radius 3 is 2.30 bits per heavy atom. The van der Waals surface area contributed by atoms with Crippen molar-refractivity contribution in [2.24, 2.45) is 0 Å². The molecule has 0 aliphatic heterocycles. The standard InChI is InChI=1S/C6H7F3O/c1-3-4-5(2)10-6(7,8)9/h3-4H,1H2,2H3/b5-4+. The van der Waals surface area contributed by atoms with Crippen LogP contribution in [0.3, 0.4) is 0 Å². The predicted molar refractivity (Wildman–Crippen MR) is 31.1 cm³/mol. The van der Waals surface area contributed by atoms with E-state index in [1.807, 2.05) is 0 Å². The SMILES string of the molecule is C=C/C=C(\C)OC(F)(F)F. The van der Waals surface area contributed by atoms with Gasteiger partial charge in [-0.3, -0.25) is 0 Å². The Balaban J connectivity index is 3.91. The van der Waals surface area contributed by atoms with Crippen LogP contribution < -0.4 is 0 Å². The molecule has 0 aromatic heterocycles. The Labute approximate surface area is 56.8 Å². The van der Waals surface area contributed by atoms with E-state index in [4.69, 9.17) is 0 Å². The van der Waals surface area contributed by atoms with Crippen molar-refractivity contribution in [2.45, 2.75) is 13.3 Å². The number of allylic oxidation sites excluding steroid dienone is 3. The highest BCUT2D eigenvalue weighted by molar-refractivity contribution is 5.01. The second-order valence-corrected chi connectivity index (χ2v) is 1.56. The van der Waals surface area contributed by atoms with Crippen molar-refractivity contribution in [1.82, 2.24) is 0 Å². The van der Waals surface area contributed by atoms with E-state index in [9.17, 15) is 13.2 Å². The van der Waals surface area contributed by atoms with Crippen LogP contribution >= 0.6 is 0 Å². The molecule has 0 bridgehead atoms. The summed E-state index contributed by atoms with van der Waals surface area (Å²) in [6, 6.07) is 0. The van der Waals surface area contributed by atoms with E-state index in [2.05, 4.69) is 11.3 Å². The summed E-state index contributed by atoms with van der Waals surface area (Å²) < 4.78 is 37.5. The smallest absolute Gasteiger partial charge is 0.411 e. The molecule has 0 saturated heterocycles. The first-order valence-electron chi connectivity index (χ1n) is 2.51. The lowest BCUT2D eigenvalue weighted by molar-refractivity contribution is -0.305. The van der Waals surface area contributed by atoms with Crippen LogP contribution in [-0.4, -0.2) is 6.36 Å². The normalized spacial score (nSPS) is 13.0. The lowest BCUT2D eigenvalue weighted by atomic mass is 10.5. The first kappa shape index (κ1) is 9.07. The molecule has 10 heavy (non-hydrogen) atoms. The van der Waals surface area contributed by atoms with E-state index in [0.717, 1.165) is 6.08 Å². The van der Waals surface area contributed by atoms with Gasteiger partial charge >= 0.3 is 6.36 Å². The number of rotatable bonds is 2. The van der Waals surface area contributed by atoms with E-state index >= 15 is 0 Å². The first-order chi connectivity index (χ1) is 4.45. The van der Waals surface area contributed by atoms with E-state index in [1.54, 1.807) is 0 Å². The van der Waals surface area contributed by atoms with Gasteiger partial charge in [-0.05, 0) is 13.0 Å². The van der Waals surface area contributed by atoms with Gasteiger partial charge in [-0.1, -0.05) is 12.7 Å². The van der Waals surface area contributed by atoms with Crippen molar-refractivity contribution in [3.63, 3.8) is 0 Å². The molecule has 0 saturated carbocycles. The first-order valence-corrected chi connectivity index (χ1v) is 2.51. The van der Waals surface area contributed by atoms with Gasteiger partial charge in [0.2, 0.25) is 0 Å². The minimum Gasteiger partial charge on any atom is -0.411 e. The van der Waals surface area contributed by atoms with E-state index in [-0.39, 0.29) is 5.76 Å². The van der Waals surface area contributed by atoms with E-state index < -0.39 is 6.36 Å². The second kappa shape index (κ2) is 3.29. The van der Waals surface area contributed by atoms with Crippen LogP contribution in [-0.2, 0) is 4.74 Å². The van der Waals surface area contributed by atoms with E-state index in [0.29, 0.717) is 0 Å². The third kappa shape index (κ3) is 5.21. The summed E-state index contributed by atoms with van der Waals surface area (Å²) >= 11 is 0. The van der Waals surface area contributed by atoms with Crippen molar-refractivity contribution >= 4 is 0 Å². The second-order valence-electron chi connectivity index (χ2n) is 1.56. The van der Waals surface area contributed by atoms with Crippen LogP contribution in [0.4, 0.5) is 13.2 Å². The minimum absolute atomic E-state index is 0.220. The highest BCUT2D eigenvalue weighted by Gasteiger charge is 2.30. The fraction of sp³-hybridized carbons (Fsp3) is 0.333. The number of hydrogen-bond acceptors (Lipinski definition) is 1. The molecule has 0 spiro atoms. The van der Waals surface area contributed by atoms with Gasteiger partial charge in [0, 0.05) is 0 Å². The topological polar surface area (TPSA) is 9.23 Å². The Kier molecular flexibility index (Phi) is 2.99. The largest absolute Gasteiger partial charge is 0.572 e. The third-order valence-corrected chi connectivity index (χ3v) is 0.629. The molecule has 4 heteroatoms. The van der Waals surface area contributed by atoms with Gasteiger partial charge in [-0.2, -0.15) is 0 Å². The zero-order valence-corrected chi connectivity index (χ0v) is 5.40. The van der Waals surface area contributed by atoms with Crippen LogP contribution in [0.25, 0.3) is 0 Å². The molecule has 0 fully saturated rings. The van der Waals surface area contributed by atoms with Gasteiger partial charge in [0.15, 0.2) is 0 Å². The van der Waals surface area contributed by atoms with Crippen molar-refractivity contribution in [3.05, 3.63) is 24.5 Å². The molecule has 0 atom stereocenters. The summed E-state index contributed by atoms with van der Waals surface area (Å²) in [5, 5.41) is 0. The minimum atomic E-state index is -4.59. The fourth-order valence-corrected chi connectivity index (χ4v) is 0.383. The molecule has 0 aliphatic carbocycles. The van der Waals surface area contributed by atoms with Crippen LogP contribution in [0.2, 0.25) is 0 Å². The monoisotopic (exact) mass is 152 g/mol. The maximum atomic E-state index is 11.3. The Hall–Kier alpha value is -0.930. The summed E-state index contributed by atoms with van der Waals surface area (Å²) in [6.45, 7) is 4.41. The van der Waals surface area contributed by atoms with Gasteiger partial charge in [0.05, 0.1) is 0 Å². The average Bonchev–Trinajstić information content (AvgIpc) is 1.59. The molecule has 0 heterocycles. The molecule has 0 amide bonds. The van der Waals surface area contributed by atoms with Gasteiger partial charge in [0.1, 0.15) is 5.76 Å². The zero-order valence-electron chi connectivity index (χ0n) is 5.40. The molecule has 0 aromatic rings. The Morgan fingerprint density at radius 1 is 1.50 bits per heavy atom. The molecule has 0 aliphatic rings. The third-order valence-electron chi connectivity index (χ3n) is 0.629.